The largest absolute Gasteiger partial charge is 0.352 e. The van der Waals surface area contributed by atoms with Crippen molar-refractivity contribution in [3.63, 3.8) is 0 Å². The summed E-state index contributed by atoms with van der Waals surface area (Å²) in [6.45, 7) is 4.35. The molecule has 3 rings (SSSR count). The summed E-state index contributed by atoms with van der Waals surface area (Å²) in [6.07, 6.45) is 1.26. The molecule has 36 heavy (non-hydrogen) atoms. The number of halogens is 2. The maximum atomic E-state index is 13.6. The molecule has 4 nitrogen and oxygen atoms in total. The minimum atomic E-state index is -0.627. The lowest BCUT2D eigenvalue weighted by Gasteiger charge is -2.32. The number of carbonyl (C=O) groups is 2. The van der Waals surface area contributed by atoms with Crippen molar-refractivity contribution in [1.82, 2.24) is 10.2 Å². The number of benzene rings is 3. The molecule has 190 valence electrons. The zero-order valence-corrected chi connectivity index (χ0v) is 23.8. The molecule has 3 aromatic rings. The molecule has 0 aliphatic carbocycles. The van der Waals surface area contributed by atoms with Crippen LogP contribution in [0.15, 0.2) is 83.3 Å². The highest BCUT2D eigenvalue weighted by Gasteiger charge is 2.30. The fourth-order valence-electron chi connectivity index (χ4n) is 3.70. The van der Waals surface area contributed by atoms with Crippen molar-refractivity contribution < 1.29 is 9.59 Å². The molecule has 0 saturated carbocycles. The van der Waals surface area contributed by atoms with E-state index in [0.717, 1.165) is 33.3 Å². The highest BCUT2D eigenvalue weighted by molar-refractivity contribution is 9.10. The van der Waals surface area contributed by atoms with E-state index in [0.29, 0.717) is 18.0 Å². The quantitative estimate of drug-likeness (QED) is 0.251. The van der Waals surface area contributed by atoms with Gasteiger partial charge in [0.25, 0.3) is 0 Å². The van der Waals surface area contributed by atoms with Gasteiger partial charge in [-0.15, -0.1) is 11.8 Å². The first kappa shape index (κ1) is 28.3. The van der Waals surface area contributed by atoms with E-state index in [1.807, 2.05) is 92.7 Å². The number of hydrogen-bond donors (Lipinski definition) is 1. The lowest BCUT2D eigenvalue weighted by molar-refractivity contribution is -0.139. The Labute approximate surface area is 231 Å². The number of thioether (sulfide) groups is 1. The molecule has 0 saturated heterocycles. The number of carbonyl (C=O) groups excluding carboxylic acids is 2. The van der Waals surface area contributed by atoms with Gasteiger partial charge in [0, 0.05) is 34.3 Å². The molecule has 2 amide bonds. The van der Waals surface area contributed by atoms with E-state index in [-0.39, 0.29) is 23.6 Å². The Balaban J connectivity index is 1.84. The van der Waals surface area contributed by atoms with Crippen LogP contribution in [-0.2, 0) is 28.3 Å². The van der Waals surface area contributed by atoms with Gasteiger partial charge in [0.15, 0.2) is 0 Å². The van der Waals surface area contributed by atoms with Crippen molar-refractivity contribution in [2.75, 3.05) is 5.75 Å². The lowest BCUT2D eigenvalue weighted by Crippen LogP contribution is -2.52. The van der Waals surface area contributed by atoms with E-state index in [2.05, 4.69) is 21.2 Å². The van der Waals surface area contributed by atoms with Gasteiger partial charge in [-0.1, -0.05) is 89.1 Å². The molecule has 0 bridgehead atoms. The van der Waals surface area contributed by atoms with Crippen LogP contribution in [0.5, 0.6) is 0 Å². The van der Waals surface area contributed by atoms with E-state index in [1.54, 1.807) is 16.7 Å². The van der Waals surface area contributed by atoms with Crippen LogP contribution in [-0.4, -0.2) is 34.6 Å². The molecule has 0 fully saturated rings. The van der Waals surface area contributed by atoms with Gasteiger partial charge in [-0.3, -0.25) is 9.59 Å². The summed E-state index contributed by atoms with van der Waals surface area (Å²) >= 11 is 11.1. The average Bonchev–Trinajstić information content (AvgIpc) is 2.88. The molecule has 0 radical (unpaired) electrons. The maximum absolute atomic E-state index is 13.6. The van der Waals surface area contributed by atoms with Gasteiger partial charge in [-0.05, 0) is 54.3 Å². The van der Waals surface area contributed by atoms with Crippen LogP contribution >= 0.6 is 39.3 Å². The predicted molar refractivity (Wildman–Crippen MR) is 154 cm³/mol. The minimum Gasteiger partial charge on any atom is -0.352 e. The number of nitrogens with zero attached hydrogens (tertiary/aromatic N) is 1. The van der Waals surface area contributed by atoms with Crippen LogP contribution in [0, 0.1) is 0 Å². The molecule has 0 aliphatic heterocycles. The summed E-state index contributed by atoms with van der Waals surface area (Å²) in [4.78, 5) is 28.9. The van der Waals surface area contributed by atoms with Crippen molar-refractivity contribution in [3.05, 3.63) is 105 Å². The third-order valence-electron chi connectivity index (χ3n) is 5.95. The summed E-state index contributed by atoms with van der Waals surface area (Å²) in [5.41, 5.74) is 3.09. The number of rotatable bonds is 12. The Morgan fingerprint density at radius 2 is 1.58 bits per heavy atom. The molecule has 0 aliphatic rings. The molecule has 1 N–H and O–H groups in total. The number of nitrogens with one attached hydrogen (secondary N) is 1. The molecule has 0 unspecified atom stereocenters. The standard InChI is InChI=1S/C29H32BrClN2O2S/c1-3-21(2)32-29(35)27(17-22-7-5-4-6-8-22)33(18-23-11-15-26(31)16-12-23)28(34)20-36-19-24-9-13-25(30)14-10-24/h4-16,21,27H,3,17-20H2,1-2H3,(H,32,35)/t21-,27+/m0/s1. The Kier molecular flexibility index (Phi) is 11.4. The molecular weight excluding hydrogens is 556 g/mol. The summed E-state index contributed by atoms with van der Waals surface area (Å²) in [6, 6.07) is 24.8. The third-order valence-corrected chi connectivity index (χ3v) is 7.71. The van der Waals surface area contributed by atoms with Crippen LogP contribution in [0.4, 0.5) is 0 Å². The van der Waals surface area contributed by atoms with E-state index in [9.17, 15) is 9.59 Å². The smallest absolute Gasteiger partial charge is 0.243 e. The Hall–Kier alpha value is -2.28. The Morgan fingerprint density at radius 1 is 0.944 bits per heavy atom. The second-order valence-electron chi connectivity index (χ2n) is 8.79. The second kappa shape index (κ2) is 14.5. The average molecular weight is 588 g/mol. The molecule has 2 atom stereocenters. The minimum absolute atomic E-state index is 0.0232. The molecule has 3 aromatic carbocycles. The van der Waals surface area contributed by atoms with E-state index in [4.69, 9.17) is 11.6 Å². The van der Waals surface area contributed by atoms with Crippen LogP contribution < -0.4 is 5.32 Å². The topological polar surface area (TPSA) is 49.4 Å². The number of hydrogen-bond acceptors (Lipinski definition) is 3. The zero-order chi connectivity index (χ0) is 25.9. The fraction of sp³-hybridized carbons (Fsp3) is 0.310. The summed E-state index contributed by atoms with van der Waals surface area (Å²) in [5.74, 6) is 0.808. The third kappa shape index (κ3) is 8.99. The van der Waals surface area contributed by atoms with Crippen molar-refractivity contribution in [3.8, 4) is 0 Å². The Bertz CT molecular complexity index is 1110. The summed E-state index contributed by atoms with van der Waals surface area (Å²) in [7, 11) is 0. The van der Waals surface area contributed by atoms with Gasteiger partial charge in [0.1, 0.15) is 6.04 Å². The van der Waals surface area contributed by atoms with Crippen LogP contribution in [0.25, 0.3) is 0 Å². The normalized spacial score (nSPS) is 12.6. The van der Waals surface area contributed by atoms with Crippen LogP contribution in [0.3, 0.4) is 0 Å². The molecule has 0 spiro atoms. The van der Waals surface area contributed by atoms with Crippen molar-refractivity contribution in [2.45, 2.75) is 51.1 Å². The summed E-state index contributed by atoms with van der Waals surface area (Å²) in [5, 5.41) is 3.74. The van der Waals surface area contributed by atoms with Crippen LogP contribution in [0.2, 0.25) is 5.02 Å². The van der Waals surface area contributed by atoms with E-state index < -0.39 is 6.04 Å². The van der Waals surface area contributed by atoms with Gasteiger partial charge >= 0.3 is 0 Å². The van der Waals surface area contributed by atoms with Crippen molar-refractivity contribution >= 4 is 51.1 Å². The van der Waals surface area contributed by atoms with Gasteiger partial charge in [-0.25, -0.2) is 0 Å². The van der Waals surface area contributed by atoms with Gasteiger partial charge in [-0.2, -0.15) is 0 Å². The van der Waals surface area contributed by atoms with Crippen LogP contribution in [0.1, 0.15) is 37.0 Å². The van der Waals surface area contributed by atoms with Crippen molar-refractivity contribution in [2.24, 2.45) is 0 Å². The van der Waals surface area contributed by atoms with E-state index in [1.165, 1.54) is 0 Å². The first-order chi connectivity index (χ1) is 17.4. The van der Waals surface area contributed by atoms with Gasteiger partial charge in [0.2, 0.25) is 11.8 Å². The summed E-state index contributed by atoms with van der Waals surface area (Å²) < 4.78 is 1.03. The van der Waals surface area contributed by atoms with Gasteiger partial charge in [0.05, 0.1) is 5.75 Å². The maximum Gasteiger partial charge on any atom is 0.243 e. The first-order valence-electron chi connectivity index (χ1n) is 12.1. The monoisotopic (exact) mass is 586 g/mol. The SMILES string of the molecule is CC[C@H](C)NC(=O)[C@@H](Cc1ccccc1)N(Cc1ccc(Cl)cc1)C(=O)CSCc1ccc(Br)cc1. The Morgan fingerprint density at radius 3 is 2.22 bits per heavy atom. The highest BCUT2D eigenvalue weighted by atomic mass is 79.9. The molecule has 7 heteroatoms. The first-order valence-corrected chi connectivity index (χ1v) is 14.4. The molecule has 0 aromatic heterocycles. The molecule has 0 heterocycles. The predicted octanol–water partition coefficient (Wildman–Crippen LogP) is 6.89. The number of amides is 2. The van der Waals surface area contributed by atoms with E-state index >= 15 is 0 Å². The highest BCUT2D eigenvalue weighted by Crippen LogP contribution is 2.20. The lowest BCUT2D eigenvalue weighted by atomic mass is 10.0. The van der Waals surface area contributed by atoms with Gasteiger partial charge < -0.3 is 10.2 Å². The van der Waals surface area contributed by atoms with Crippen molar-refractivity contribution in [1.29, 1.82) is 0 Å². The molecular formula is C29H32BrClN2O2S. The fourth-order valence-corrected chi connectivity index (χ4v) is 4.96. The second-order valence-corrected chi connectivity index (χ2v) is 11.1. The zero-order valence-electron chi connectivity index (χ0n) is 20.6.